The van der Waals surface area contributed by atoms with Gasteiger partial charge in [0.25, 0.3) is 0 Å². The van der Waals surface area contributed by atoms with E-state index in [9.17, 15) is 0 Å². The summed E-state index contributed by atoms with van der Waals surface area (Å²) in [5.74, 6) is 0.756. The van der Waals surface area contributed by atoms with E-state index in [0.29, 0.717) is 17.1 Å². The second-order valence-corrected chi connectivity index (χ2v) is 7.53. The Hall–Kier alpha value is -0.280. The fourth-order valence-corrected chi connectivity index (χ4v) is 2.78. The van der Waals surface area contributed by atoms with Gasteiger partial charge in [0.2, 0.25) is 0 Å². The van der Waals surface area contributed by atoms with Gasteiger partial charge in [0, 0.05) is 22.1 Å². The van der Waals surface area contributed by atoms with Crippen molar-refractivity contribution in [1.29, 1.82) is 0 Å². The molecule has 0 aromatic carbocycles. The molecule has 3 N–H and O–H groups in total. The van der Waals surface area contributed by atoms with Crippen LogP contribution in [0.15, 0.2) is 34.4 Å². The van der Waals surface area contributed by atoms with Crippen LogP contribution < -0.4 is 11.1 Å². The van der Waals surface area contributed by atoms with Gasteiger partial charge in [0.05, 0.1) is 0 Å². The van der Waals surface area contributed by atoms with Gasteiger partial charge >= 0.3 is 0 Å². The lowest BCUT2D eigenvalue weighted by atomic mass is 10.1. The Morgan fingerprint density at radius 2 is 2.00 bits per heavy atom. The van der Waals surface area contributed by atoms with Gasteiger partial charge in [-0.25, -0.2) is 0 Å². The highest BCUT2D eigenvalue weighted by atomic mass is 35.5. The lowest BCUT2D eigenvalue weighted by Crippen LogP contribution is -2.31. The lowest BCUT2D eigenvalue weighted by Gasteiger charge is -2.13. The van der Waals surface area contributed by atoms with Crippen LogP contribution in [-0.2, 0) is 0 Å². The number of hydrogen-bond acceptors (Lipinski definition) is 2. The maximum Gasteiger partial charge on any atom is 0.0414 e. The van der Waals surface area contributed by atoms with Crippen molar-refractivity contribution in [3.63, 3.8) is 0 Å². The molecular formula is C19H34Cl2N2. The van der Waals surface area contributed by atoms with Gasteiger partial charge in [-0.3, -0.25) is 0 Å². The van der Waals surface area contributed by atoms with Crippen molar-refractivity contribution in [2.45, 2.75) is 71.9 Å². The average Bonchev–Trinajstić information content (AvgIpc) is 2.91. The van der Waals surface area contributed by atoms with Crippen molar-refractivity contribution in [2.75, 3.05) is 6.54 Å². The summed E-state index contributed by atoms with van der Waals surface area (Å²) < 4.78 is 0. The molecule has 0 radical (unpaired) electrons. The molecule has 0 aliphatic heterocycles. The smallest absolute Gasteiger partial charge is 0.0414 e. The van der Waals surface area contributed by atoms with Crippen LogP contribution in [0.4, 0.5) is 0 Å². The van der Waals surface area contributed by atoms with Crippen LogP contribution in [-0.4, -0.2) is 18.6 Å². The zero-order valence-corrected chi connectivity index (χ0v) is 16.7. The molecule has 0 saturated heterocycles. The minimum Gasteiger partial charge on any atom is -0.328 e. The summed E-state index contributed by atoms with van der Waals surface area (Å²) in [6.07, 6.45) is 9.05. The molecule has 0 amide bonds. The summed E-state index contributed by atoms with van der Waals surface area (Å²) in [7, 11) is 0. The summed E-state index contributed by atoms with van der Waals surface area (Å²) in [6.45, 7) is 13.3. The zero-order chi connectivity index (χ0) is 17.8. The molecule has 4 heteroatoms. The minimum absolute atomic E-state index is 0.458. The topological polar surface area (TPSA) is 38.0 Å². The zero-order valence-electron chi connectivity index (χ0n) is 15.2. The van der Waals surface area contributed by atoms with Crippen LogP contribution in [0.25, 0.3) is 0 Å². The van der Waals surface area contributed by atoms with Crippen molar-refractivity contribution in [1.82, 2.24) is 5.32 Å². The molecule has 1 rings (SSSR count). The highest BCUT2D eigenvalue weighted by molar-refractivity contribution is 6.35. The van der Waals surface area contributed by atoms with Crippen molar-refractivity contribution in [3.05, 3.63) is 34.4 Å². The maximum absolute atomic E-state index is 5.95. The van der Waals surface area contributed by atoms with Gasteiger partial charge in [-0.05, 0) is 51.1 Å². The molecule has 0 spiro atoms. The lowest BCUT2D eigenvalue weighted by molar-refractivity contribution is 0.465. The van der Waals surface area contributed by atoms with E-state index < -0.39 is 0 Å². The molecule has 134 valence electrons. The third-order valence-electron chi connectivity index (χ3n) is 3.78. The first-order chi connectivity index (χ1) is 10.8. The van der Waals surface area contributed by atoms with Crippen LogP contribution in [0.5, 0.6) is 0 Å². The minimum atomic E-state index is 0.458. The molecule has 1 fully saturated rings. The number of hydrogen-bond donors (Lipinski definition) is 2. The number of allylic oxidation sites excluding steroid dienone is 5. The van der Waals surface area contributed by atoms with E-state index in [1.807, 2.05) is 6.92 Å². The van der Waals surface area contributed by atoms with Gasteiger partial charge in [-0.15, -0.1) is 0 Å². The van der Waals surface area contributed by atoms with Crippen LogP contribution in [0.3, 0.4) is 0 Å². The molecule has 0 heterocycles. The highest BCUT2D eigenvalue weighted by Crippen LogP contribution is 2.19. The quantitative estimate of drug-likeness (QED) is 0.569. The molecule has 2 nitrogen and oxygen atoms in total. The Morgan fingerprint density at radius 3 is 2.43 bits per heavy atom. The number of nitrogens with two attached hydrogens (primary N) is 1. The summed E-state index contributed by atoms with van der Waals surface area (Å²) in [5.41, 5.74) is 6.96. The van der Waals surface area contributed by atoms with Gasteiger partial charge in [-0.2, -0.15) is 0 Å². The molecule has 0 aromatic rings. The van der Waals surface area contributed by atoms with E-state index in [1.54, 1.807) is 12.2 Å². The van der Waals surface area contributed by atoms with E-state index in [2.05, 4.69) is 32.7 Å². The number of halogens is 2. The Bertz CT molecular complexity index is 400. The molecule has 0 aromatic heterocycles. The molecular weight excluding hydrogens is 327 g/mol. The average molecular weight is 361 g/mol. The summed E-state index contributed by atoms with van der Waals surface area (Å²) >= 11 is 11.7. The molecule has 0 bridgehead atoms. The standard InChI is InChI=1S/C10H14Cl2.C9H20N2/c1-4-6-8(3)10(12)7-9(11)5-2;1-7(2)6-11-9-4-3-8(10)5-9/h5,7H,2,4,6H2,1,3H3;7-9,11H,3-6,10H2,1-2H3/b9-7+,10-8+;. The second-order valence-electron chi connectivity index (χ2n) is 6.68. The first-order valence-corrected chi connectivity index (χ1v) is 9.39. The van der Waals surface area contributed by atoms with Crippen molar-refractivity contribution < 1.29 is 0 Å². The third kappa shape index (κ3) is 11.8. The number of rotatable bonds is 7. The molecule has 1 aliphatic rings. The van der Waals surface area contributed by atoms with Crippen molar-refractivity contribution in [2.24, 2.45) is 11.7 Å². The Morgan fingerprint density at radius 1 is 1.35 bits per heavy atom. The fourth-order valence-electron chi connectivity index (χ4n) is 2.40. The van der Waals surface area contributed by atoms with E-state index in [-0.39, 0.29) is 0 Å². The van der Waals surface area contributed by atoms with Crippen LogP contribution in [0.1, 0.15) is 59.8 Å². The van der Waals surface area contributed by atoms with Crippen LogP contribution in [0.2, 0.25) is 0 Å². The van der Waals surface area contributed by atoms with Gasteiger partial charge in [0.1, 0.15) is 0 Å². The summed E-state index contributed by atoms with van der Waals surface area (Å²) in [4.78, 5) is 0. The van der Waals surface area contributed by atoms with E-state index in [4.69, 9.17) is 28.9 Å². The summed E-state index contributed by atoms with van der Waals surface area (Å²) in [6, 6.07) is 1.16. The molecule has 1 aliphatic carbocycles. The van der Waals surface area contributed by atoms with Crippen LogP contribution >= 0.6 is 23.2 Å². The number of nitrogens with one attached hydrogen (secondary N) is 1. The van der Waals surface area contributed by atoms with Gasteiger partial charge in [-0.1, -0.05) is 68.6 Å². The molecule has 2 unspecified atom stereocenters. The first kappa shape index (κ1) is 22.7. The molecule has 1 saturated carbocycles. The second kappa shape index (κ2) is 13.1. The predicted octanol–water partition coefficient (Wildman–Crippen LogP) is 5.72. The Kier molecular flexibility index (Phi) is 12.9. The summed E-state index contributed by atoms with van der Waals surface area (Å²) in [5, 5.41) is 4.83. The predicted molar refractivity (Wildman–Crippen MR) is 106 cm³/mol. The van der Waals surface area contributed by atoms with Crippen LogP contribution in [0, 0.1) is 5.92 Å². The van der Waals surface area contributed by atoms with Gasteiger partial charge in [0.15, 0.2) is 0 Å². The third-order valence-corrected chi connectivity index (χ3v) is 4.48. The largest absolute Gasteiger partial charge is 0.328 e. The SMILES string of the molecule is C=C/C(Cl)=C\C(Cl)=C(\C)CCC.CC(C)CNC1CCC(N)C1. The molecule has 2 atom stereocenters. The van der Waals surface area contributed by atoms with E-state index >= 15 is 0 Å². The van der Waals surface area contributed by atoms with Crippen molar-refractivity contribution >= 4 is 23.2 Å². The maximum atomic E-state index is 5.95. The normalized spacial score (nSPS) is 22.5. The monoisotopic (exact) mass is 360 g/mol. The highest BCUT2D eigenvalue weighted by Gasteiger charge is 2.20. The fraction of sp³-hybridized carbons (Fsp3) is 0.684. The van der Waals surface area contributed by atoms with Crippen molar-refractivity contribution in [3.8, 4) is 0 Å². The Balaban J connectivity index is 0.000000422. The van der Waals surface area contributed by atoms with E-state index in [0.717, 1.165) is 30.3 Å². The van der Waals surface area contributed by atoms with Gasteiger partial charge < -0.3 is 11.1 Å². The first-order valence-electron chi connectivity index (χ1n) is 8.63. The Labute approximate surface area is 153 Å². The molecule has 23 heavy (non-hydrogen) atoms. The van der Waals surface area contributed by atoms with E-state index in [1.165, 1.54) is 24.8 Å².